The van der Waals surface area contributed by atoms with E-state index >= 15 is 0 Å². The molecule has 0 aliphatic carbocycles. The van der Waals surface area contributed by atoms with Gasteiger partial charge in [-0.3, -0.25) is 0 Å². The Morgan fingerprint density at radius 3 is 2.89 bits per heavy atom. The van der Waals surface area contributed by atoms with Crippen molar-refractivity contribution in [1.82, 2.24) is 14.5 Å². The van der Waals surface area contributed by atoms with Crippen molar-refractivity contribution in [3.05, 3.63) is 34.7 Å². The molecule has 0 bridgehead atoms. The maximum absolute atomic E-state index is 5.55. The van der Waals surface area contributed by atoms with E-state index in [0.717, 1.165) is 34.0 Å². The van der Waals surface area contributed by atoms with Gasteiger partial charge < -0.3 is 10.3 Å². The van der Waals surface area contributed by atoms with Crippen molar-refractivity contribution >= 4 is 22.4 Å². The first-order chi connectivity index (χ1) is 8.79. The number of nitrogens with zero attached hydrogens (tertiary/aromatic N) is 3. The summed E-state index contributed by atoms with van der Waals surface area (Å²) in [5.74, 6) is 0.913. The van der Waals surface area contributed by atoms with Gasteiger partial charge in [0.1, 0.15) is 5.69 Å². The van der Waals surface area contributed by atoms with E-state index in [1.54, 1.807) is 11.3 Å². The van der Waals surface area contributed by atoms with Gasteiger partial charge in [0, 0.05) is 18.8 Å². The number of fused-ring (bicyclic) bond motifs is 1. The van der Waals surface area contributed by atoms with Crippen LogP contribution in [0.15, 0.2) is 29.6 Å². The summed E-state index contributed by atoms with van der Waals surface area (Å²) in [4.78, 5) is 9.21. The molecule has 5 heteroatoms. The largest absolute Gasteiger partial charge is 0.330 e. The number of thiazole rings is 1. The Bertz CT molecular complexity index is 683. The molecule has 2 aromatic heterocycles. The molecule has 0 unspecified atom stereocenters. The molecule has 0 atom stereocenters. The maximum Gasteiger partial charge on any atom is 0.160 e. The third kappa shape index (κ3) is 1.81. The first kappa shape index (κ1) is 11.4. The van der Waals surface area contributed by atoms with Crippen LogP contribution in [-0.4, -0.2) is 21.1 Å². The van der Waals surface area contributed by atoms with Crippen LogP contribution in [0.2, 0.25) is 0 Å². The Kier molecular flexibility index (Phi) is 2.85. The molecule has 0 saturated carbocycles. The fraction of sp³-hybridized carbons (Fsp3) is 0.231. The van der Waals surface area contributed by atoms with Crippen LogP contribution >= 0.6 is 11.3 Å². The second kappa shape index (κ2) is 4.51. The number of benzene rings is 1. The first-order valence-electron chi connectivity index (χ1n) is 5.86. The van der Waals surface area contributed by atoms with Gasteiger partial charge in [-0.1, -0.05) is 12.1 Å². The fourth-order valence-electron chi connectivity index (χ4n) is 2.03. The maximum atomic E-state index is 5.55. The van der Waals surface area contributed by atoms with Crippen molar-refractivity contribution in [3.63, 3.8) is 0 Å². The van der Waals surface area contributed by atoms with E-state index in [1.807, 2.05) is 30.6 Å². The molecule has 0 aliphatic rings. The summed E-state index contributed by atoms with van der Waals surface area (Å²) in [5.41, 5.74) is 8.61. The molecular weight excluding hydrogens is 244 g/mol. The molecule has 18 heavy (non-hydrogen) atoms. The summed E-state index contributed by atoms with van der Waals surface area (Å²) in [5, 5.41) is 3.12. The standard InChI is InChI=1S/C13H14N4S/c1-17-11-5-3-2-4-9(11)16-13(17)10-8-18-12(15-10)6-7-14/h2-5,8H,6-7,14H2,1H3. The van der Waals surface area contributed by atoms with E-state index in [2.05, 4.69) is 20.6 Å². The van der Waals surface area contributed by atoms with E-state index in [4.69, 9.17) is 5.73 Å². The lowest BCUT2D eigenvalue weighted by molar-refractivity contribution is 0.932. The van der Waals surface area contributed by atoms with Gasteiger partial charge in [-0.05, 0) is 18.7 Å². The molecule has 4 nitrogen and oxygen atoms in total. The Balaban J connectivity index is 2.10. The molecular formula is C13H14N4S. The highest BCUT2D eigenvalue weighted by atomic mass is 32.1. The smallest absolute Gasteiger partial charge is 0.160 e. The predicted octanol–water partition coefficient (Wildman–Crippen LogP) is 2.20. The molecule has 0 fully saturated rings. The number of hydrogen-bond donors (Lipinski definition) is 1. The molecule has 0 amide bonds. The molecule has 0 aliphatic heterocycles. The Hall–Kier alpha value is -1.72. The minimum Gasteiger partial charge on any atom is -0.330 e. The zero-order valence-corrected chi connectivity index (χ0v) is 10.9. The van der Waals surface area contributed by atoms with Crippen molar-refractivity contribution < 1.29 is 0 Å². The fourth-order valence-corrected chi connectivity index (χ4v) is 2.82. The Morgan fingerprint density at radius 2 is 2.11 bits per heavy atom. The SMILES string of the molecule is Cn1c(-c2csc(CCN)n2)nc2ccccc21. The van der Waals surface area contributed by atoms with Gasteiger partial charge >= 0.3 is 0 Å². The quantitative estimate of drug-likeness (QED) is 0.783. The molecule has 1 aromatic carbocycles. The van der Waals surface area contributed by atoms with Crippen LogP contribution in [0, 0.1) is 0 Å². The van der Waals surface area contributed by atoms with E-state index in [1.165, 1.54) is 0 Å². The summed E-state index contributed by atoms with van der Waals surface area (Å²) in [6, 6.07) is 8.11. The zero-order valence-electron chi connectivity index (χ0n) is 10.1. The molecule has 2 N–H and O–H groups in total. The lowest BCUT2D eigenvalue weighted by atomic mass is 10.3. The molecule has 0 saturated heterocycles. The number of para-hydroxylation sites is 2. The number of imidazole rings is 1. The zero-order chi connectivity index (χ0) is 12.5. The summed E-state index contributed by atoms with van der Waals surface area (Å²) >= 11 is 1.64. The molecule has 0 radical (unpaired) electrons. The summed E-state index contributed by atoms with van der Waals surface area (Å²) in [6.45, 7) is 0.634. The van der Waals surface area contributed by atoms with Crippen molar-refractivity contribution in [2.24, 2.45) is 12.8 Å². The van der Waals surface area contributed by atoms with Gasteiger partial charge in [-0.15, -0.1) is 11.3 Å². The van der Waals surface area contributed by atoms with Crippen molar-refractivity contribution in [1.29, 1.82) is 0 Å². The molecule has 92 valence electrons. The van der Waals surface area contributed by atoms with E-state index in [-0.39, 0.29) is 0 Å². The van der Waals surface area contributed by atoms with E-state index in [0.29, 0.717) is 6.54 Å². The number of aromatic nitrogens is 3. The van der Waals surface area contributed by atoms with Gasteiger partial charge in [-0.2, -0.15) is 0 Å². The van der Waals surface area contributed by atoms with E-state index < -0.39 is 0 Å². The van der Waals surface area contributed by atoms with Crippen LogP contribution in [0.4, 0.5) is 0 Å². The molecule has 3 rings (SSSR count). The van der Waals surface area contributed by atoms with Crippen LogP contribution < -0.4 is 5.73 Å². The minimum atomic E-state index is 0.634. The number of aryl methyl sites for hydroxylation is 1. The monoisotopic (exact) mass is 258 g/mol. The lowest BCUT2D eigenvalue weighted by Crippen LogP contribution is -2.02. The van der Waals surface area contributed by atoms with Crippen LogP contribution in [-0.2, 0) is 13.5 Å². The highest BCUT2D eigenvalue weighted by molar-refractivity contribution is 7.09. The van der Waals surface area contributed by atoms with Gasteiger partial charge in [0.25, 0.3) is 0 Å². The molecule has 3 aromatic rings. The average Bonchev–Trinajstić information content (AvgIpc) is 2.96. The van der Waals surface area contributed by atoms with E-state index in [9.17, 15) is 0 Å². The van der Waals surface area contributed by atoms with Crippen molar-refractivity contribution in [2.75, 3.05) is 6.54 Å². The summed E-state index contributed by atoms with van der Waals surface area (Å²) in [6.07, 6.45) is 0.828. The van der Waals surface area contributed by atoms with Crippen LogP contribution in [0.5, 0.6) is 0 Å². The Morgan fingerprint density at radius 1 is 1.28 bits per heavy atom. The number of hydrogen-bond acceptors (Lipinski definition) is 4. The molecule has 2 heterocycles. The van der Waals surface area contributed by atoms with Gasteiger partial charge in [-0.25, -0.2) is 9.97 Å². The third-order valence-corrected chi connectivity index (χ3v) is 3.83. The molecule has 0 spiro atoms. The van der Waals surface area contributed by atoms with Gasteiger partial charge in [0.15, 0.2) is 5.82 Å². The summed E-state index contributed by atoms with van der Waals surface area (Å²) < 4.78 is 2.08. The number of rotatable bonds is 3. The van der Waals surface area contributed by atoms with Crippen molar-refractivity contribution in [2.45, 2.75) is 6.42 Å². The van der Waals surface area contributed by atoms with Crippen molar-refractivity contribution in [3.8, 4) is 11.5 Å². The topological polar surface area (TPSA) is 56.7 Å². The third-order valence-electron chi connectivity index (χ3n) is 2.93. The summed E-state index contributed by atoms with van der Waals surface area (Å²) in [7, 11) is 2.02. The minimum absolute atomic E-state index is 0.634. The first-order valence-corrected chi connectivity index (χ1v) is 6.74. The second-order valence-corrected chi connectivity index (χ2v) is 5.09. The highest BCUT2D eigenvalue weighted by Gasteiger charge is 2.12. The van der Waals surface area contributed by atoms with Crippen LogP contribution in [0.25, 0.3) is 22.6 Å². The normalized spacial score (nSPS) is 11.2. The second-order valence-electron chi connectivity index (χ2n) is 4.15. The highest BCUT2D eigenvalue weighted by Crippen LogP contribution is 2.24. The van der Waals surface area contributed by atoms with Gasteiger partial charge in [0.2, 0.25) is 0 Å². The average molecular weight is 258 g/mol. The van der Waals surface area contributed by atoms with Crippen LogP contribution in [0.3, 0.4) is 0 Å². The number of nitrogens with two attached hydrogens (primary N) is 1. The predicted molar refractivity (Wildman–Crippen MR) is 74.6 cm³/mol. The Labute approximate surface area is 109 Å². The van der Waals surface area contributed by atoms with Gasteiger partial charge in [0.05, 0.1) is 16.0 Å². The van der Waals surface area contributed by atoms with Crippen LogP contribution in [0.1, 0.15) is 5.01 Å². The lowest BCUT2D eigenvalue weighted by Gasteiger charge is -1.98.